The Morgan fingerprint density at radius 2 is 1.00 bits per heavy atom. The van der Waals surface area contributed by atoms with Crippen LogP contribution in [0.25, 0.3) is 82.5 Å². The van der Waals surface area contributed by atoms with Gasteiger partial charge in [-0.3, -0.25) is 0 Å². The van der Waals surface area contributed by atoms with E-state index in [2.05, 4.69) is 161 Å². The molecule has 11 aromatic rings. The number of benzene rings is 8. The Kier molecular flexibility index (Phi) is 6.22. The number of para-hydroxylation sites is 5. The van der Waals surface area contributed by atoms with E-state index in [0.29, 0.717) is 0 Å². The van der Waals surface area contributed by atoms with Crippen LogP contribution in [0.3, 0.4) is 0 Å². The molecule has 0 spiro atoms. The number of hydrogen-bond donors (Lipinski definition) is 0. The number of rotatable bonds is 5. The second kappa shape index (κ2) is 11.2. The number of anilines is 3. The van der Waals surface area contributed by atoms with Crippen molar-refractivity contribution >= 4 is 82.7 Å². The molecule has 0 N–H and O–H groups in total. The summed E-state index contributed by atoms with van der Waals surface area (Å²) in [5.74, 6) is 0. The highest BCUT2D eigenvalue weighted by Gasteiger charge is 2.23. The van der Waals surface area contributed by atoms with Crippen molar-refractivity contribution in [1.82, 2.24) is 4.57 Å². The molecule has 244 valence electrons. The molecule has 8 aromatic carbocycles. The second-order valence-corrected chi connectivity index (χ2v) is 13.3. The standard InChI is InChI=1S/C48H30N2O2/c1-2-12-33(13-3-1)49-40-18-7-4-14-35(40)39-30-32(26-29-41(39)49)31-24-27-34(28-25-31)50(42-19-11-23-46-47(42)38-16-6-9-22-45(38)51-46)43-20-10-17-37-36-15-5-8-21-44(36)52-48(37)43/h1-30H. The lowest BCUT2D eigenvalue weighted by atomic mass is 10.0. The highest BCUT2D eigenvalue weighted by molar-refractivity contribution is 6.16. The first-order valence-corrected chi connectivity index (χ1v) is 17.6. The van der Waals surface area contributed by atoms with Crippen molar-refractivity contribution in [3.63, 3.8) is 0 Å². The SMILES string of the molecule is c1ccc(-n2c3ccccc3c3cc(-c4ccc(N(c5cccc6c5oc5ccccc56)c5cccc6oc7ccccc7c56)cc4)ccc32)cc1. The van der Waals surface area contributed by atoms with Crippen molar-refractivity contribution < 1.29 is 8.83 Å². The summed E-state index contributed by atoms with van der Waals surface area (Å²) in [5.41, 5.74) is 12.3. The smallest absolute Gasteiger partial charge is 0.159 e. The van der Waals surface area contributed by atoms with Gasteiger partial charge in [0.15, 0.2) is 5.58 Å². The Labute approximate surface area is 299 Å². The summed E-state index contributed by atoms with van der Waals surface area (Å²) in [4.78, 5) is 2.31. The zero-order chi connectivity index (χ0) is 34.2. The Morgan fingerprint density at radius 3 is 1.85 bits per heavy atom. The quantitative estimate of drug-likeness (QED) is 0.183. The van der Waals surface area contributed by atoms with E-state index in [4.69, 9.17) is 8.83 Å². The maximum Gasteiger partial charge on any atom is 0.159 e. The third-order valence-electron chi connectivity index (χ3n) is 10.4. The fraction of sp³-hybridized carbons (Fsp3) is 0. The fourth-order valence-corrected chi connectivity index (χ4v) is 8.07. The average Bonchev–Trinajstić information content (AvgIpc) is 3.89. The topological polar surface area (TPSA) is 34.5 Å². The van der Waals surface area contributed by atoms with Crippen LogP contribution in [0.2, 0.25) is 0 Å². The molecule has 0 aliphatic heterocycles. The molecular formula is C48H30N2O2. The molecule has 0 atom stereocenters. The van der Waals surface area contributed by atoms with Crippen molar-refractivity contribution in [3.05, 3.63) is 182 Å². The number of nitrogens with zero attached hydrogens (tertiary/aromatic N) is 2. The Balaban J connectivity index is 1.10. The molecule has 52 heavy (non-hydrogen) atoms. The Bertz CT molecular complexity index is 3130. The predicted molar refractivity (Wildman–Crippen MR) is 215 cm³/mol. The molecule has 4 nitrogen and oxygen atoms in total. The normalized spacial score (nSPS) is 11.8. The van der Waals surface area contributed by atoms with Crippen LogP contribution in [-0.2, 0) is 0 Å². The minimum absolute atomic E-state index is 0.845. The first-order valence-electron chi connectivity index (χ1n) is 17.6. The third kappa shape index (κ3) is 4.28. The minimum atomic E-state index is 0.845. The van der Waals surface area contributed by atoms with E-state index in [-0.39, 0.29) is 0 Å². The van der Waals surface area contributed by atoms with Gasteiger partial charge in [-0.05, 0) is 83.9 Å². The van der Waals surface area contributed by atoms with E-state index in [1.807, 2.05) is 30.3 Å². The zero-order valence-corrected chi connectivity index (χ0v) is 28.0. The number of furan rings is 2. The molecule has 0 saturated carbocycles. The fourth-order valence-electron chi connectivity index (χ4n) is 8.07. The van der Waals surface area contributed by atoms with Gasteiger partial charge in [0.2, 0.25) is 0 Å². The van der Waals surface area contributed by atoms with Crippen LogP contribution in [-0.4, -0.2) is 4.57 Å². The molecule has 0 amide bonds. The molecule has 0 fully saturated rings. The van der Waals surface area contributed by atoms with Gasteiger partial charge in [-0.15, -0.1) is 0 Å². The van der Waals surface area contributed by atoms with Crippen molar-refractivity contribution in [2.45, 2.75) is 0 Å². The lowest BCUT2D eigenvalue weighted by Gasteiger charge is -2.26. The lowest BCUT2D eigenvalue weighted by molar-refractivity contribution is 0.668. The van der Waals surface area contributed by atoms with Crippen molar-refractivity contribution in [2.75, 3.05) is 4.90 Å². The minimum Gasteiger partial charge on any atom is -0.456 e. The summed E-state index contributed by atoms with van der Waals surface area (Å²) in [7, 11) is 0. The first-order chi connectivity index (χ1) is 25.8. The van der Waals surface area contributed by atoms with Crippen LogP contribution in [0, 0.1) is 0 Å². The van der Waals surface area contributed by atoms with E-state index >= 15 is 0 Å². The van der Waals surface area contributed by atoms with Crippen molar-refractivity contribution in [1.29, 1.82) is 0 Å². The Morgan fingerprint density at radius 1 is 0.385 bits per heavy atom. The summed E-state index contributed by atoms with van der Waals surface area (Å²) < 4.78 is 15.4. The van der Waals surface area contributed by atoms with Crippen LogP contribution in [0.1, 0.15) is 0 Å². The summed E-state index contributed by atoms with van der Waals surface area (Å²) >= 11 is 0. The molecule has 0 unspecified atom stereocenters. The third-order valence-corrected chi connectivity index (χ3v) is 10.4. The summed E-state index contributed by atoms with van der Waals surface area (Å²) in [6, 6.07) is 64.2. The van der Waals surface area contributed by atoms with Gasteiger partial charge in [0.05, 0.1) is 27.8 Å². The molecular weight excluding hydrogens is 637 g/mol. The highest BCUT2D eigenvalue weighted by Crippen LogP contribution is 2.46. The van der Waals surface area contributed by atoms with Gasteiger partial charge in [-0.2, -0.15) is 0 Å². The van der Waals surface area contributed by atoms with E-state index < -0.39 is 0 Å². The van der Waals surface area contributed by atoms with E-state index in [9.17, 15) is 0 Å². The van der Waals surface area contributed by atoms with Gasteiger partial charge < -0.3 is 18.3 Å². The molecule has 0 radical (unpaired) electrons. The maximum absolute atomic E-state index is 6.62. The average molecular weight is 667 g/mol. The van der Waals surface area contributed by atoms with Crippen molar-refractivity contribution in [3.8, 4) is 16.8 Å². The molecule has 0 saturated heterocycles. The van der Waals surface area contributed by atoms with Gasteiger partial charge >= 0.3 is 0 Å². The predicted octanol–water partition coefficient (Wildman–Crippen LogP) is 13.7. The molecule has 0 bridgehead atoms. The highest BCUT2D eigenvalue weighted by atomic mass is 16.3. The first kappa shape index (κ1) is 28.8. The molecule has 11 rings (SSSR count). The summed E-state index contributed by atoms with van der Waals surface area (Å²) in [6.45, 7) is 0. The zero-order valence-electron chi connectivity index (χ0n) is 28.0. The monoisotopic (exact) mass is 666 g/mol. The van der Waals surface area contributed by atoms with Gasteiger partial charge in [-0.25, -0.2) is 0 Å². The summed E-state index contributed by atoms with van der Waals surface area (Å²) in [5, 5.41) is 6.81. The van der Waals surface area contributed by atoms with E-state index in [1.54, 1.807) is 0 Å². The lowest BCUT2D eigenvalue weighted by Crippen LogP contribution is -2.10. The van der Waals surface area contributed by atoms with Crippen LogP contribution in [0.4, 0.5) is 17.1 Å². The van der Waals surface area contributed by atoms with Crippen LogP contribution >= 0.6 is 0 Å². The van der Waals surface area contributed by atoms with Gasteiger partial charge in [0.25, 0.3) is 0 Å². The van der Waals surface area contributed by atoms with Crippen LogP contribution in [0.5, 0.6) is 0 Å². The summed E-state index contributed by atoms with van der Waals surface area (Å²) in [6.07, 6.45) is 0. The molecule has 0 aliphatic rings. The number of hydrogen-bond acceptors (Lipinski definition) is 3. The van der Waals surface area contributed by atoms with E-state index in [0.717, 1.165) is 72.2 Å². The van der Waals surface area contributed by atoms with Crippen LogP contribution < -0.4 is 4.90 Å². The molecule has 0 aliphatic carbocycles. The maximum atomic E-state index is 6.62. The Hall–Kier alpha value is -7.04. The van der Waals surface area contributed by atoms with Gasteiger partial charge in [0.1, 0.15) is 16.7 Å². The van der Waals surface area contributed by atoms with Crippen LogP contribution in [0.15, 0.2) is 191 Å². The van der Waals surface area contributed by atoms with E-state index in [1.165, 1.54) is 27.4 Å². The van der Waals surface area contributed by atoms with Crippen molar-refractivity contribution in [2.24, 2.45) is 0 Å². The van der Waals surface area contributed by atoms with Gasteiger partial charge in [0, 0.05) is 38.3 Å². The van der Waals surface area contributed by atoms with Gasteiger partial charge in [-0.1, -0.05) is 109 Å². The molecule has 3 heterocycles. The largest absolute Gasteiger partial charge is 0.456 e. The number of fused-ring (bicyclic) bond motifs is 9. The number of aromatic nitrogens is 1. The molecule has 3 aromatic heterocycles. The second-order valence-electron chi connectivity index (χ2n) is 13.3. The molecule has 4 heteroatoms.